The number of aromatic nitrogens is 1. The molecule has 1 amide bonds. The van der Waals surface area contributed by atoms with Crippen LogP contribution in [-0.4, -0.2) is 40.0 Å². The molecule has 0 atom stereocenters. The fourth-order valence-electron chi connectivity index (χ4n) is 2.67. The summed E-state index contributed by atoms with van der Waals surface area (Å²) in [6.45, 7) is 5.75. The Hall–Kier alpha value is -1.91. The third-order valence-electron chi connectivity index (χ3n) is 4.01. The van der Waals surface area contributed by atoms with Crippen molar-refractivity contribution in [1.82, 2.24) is 9.88 Å². The number of nitrogens with zero attached hydrogens (tertiary/aromatic N) is 2. The second kappa shape index (κ2) is 6.03. The highest BCUT2D eigenvalue weighted by Gasteiger charge is 2.28. The molecule has 5 heteroatoms. The number of hydrogen-bond donors (Lipinski definition) is 1. The molecule has 1 aliphatic rings. The van der Waals surface area contributed by atoms with Gasteiger partial charge in [0, 0.05) is 19.3 Å². The van der Waals surface area contributed by atoms with Gasteiger partial charge >= 0.3 is 5.97 Å². The van der Waals surface area contributed by atoms with Crippen LogP contribution in [0.5, 0.6) is 0 Å². The maximum absolute atomic E-state index is 12.4. The molecule has 0 radical (unpaired) electrons. The molecule has 0 unspecified atom stereocenters. The van der Waals surface area contributed by atoms with Crippen LogP contribution in [0, 0.1) is 11.8 Å². The zero-order valence-corrected chi connectivity index (χ0v) is 11.9. The Morgan fingerprint density at radius 1 is 1.35 bits per heavy atom. The van der Waals surface area contributed by atoms with Gasteiger partial charge < -0.3 is 10.0 Å². The second-order valence-electron chi connectivity index (χ2n) is 5.58. The molecule has 0 saturated carbocycles. The summed E-state index contributed by atoms with van der Waals surface area (Å²) in [5.41, 5.74) is 0.0199. The van der Waals surface area contributed by atoms with Gasteiger partial charge in [-0.1, -0.05) is 13.8 Å². The molecular formula is C15H20N2O3. The molecule has 1 aromatic rings. The molecule has 0 spiro atoms. The summed E-state index contributed by atoms with van der Waals surface area (Å²) >= 11 is 0. The number of pyridine rings is 1. The minimum absolute atomic E-state index is 0.0246. The predicted molar refractivity (Wildman–Crippen MR) is 74.7 cm³/mol. The molecule has 20 heavy (non-hydrogen) atoms. The molecule has 0 aromatic carbocycles. The zero-order valence-electron chi connectivity index (χ0n) is 11.9. The number of aromatic carboxylic acids is 1. The summed E-state index contributed by atoms with van der Waals surface area (Å²) in [5, 5.41) is 9.12. The highest BCUT2D eigenvalue weighted by Crippen LogP contribution is 2.25. The first-order valence-corrected chi connectivity index (χ1v) is 6.98. The van der Waals surface area contributed by atoms with Gasteiger partial charge in [0.1, 0.15) is 5.69 Å². The van der Waals surface area contributed by atoms with E-state index in [1.165, 1.54) is 18.3 Å². The third-order valence-corrected chi connectivity index (χ3v) is 4.01. The summed E-state index contributed by atoms with van der Waals surface area (Å²) in [6.07, 6.45) is 3.40. The van der Waals surface area contributed by atoms with E-state index in [0.29, 0.717) is 24.9 Å². The Morgan fingerprint density at radius 2 is 2.00 bits per heavy atom. The fraction of sp³-hybridized carbons (Fsp3) is 0.533. The van der Waals surface area contributed by atoms with Crippen LogP contribution in [0.4, 0.5) is 0 Å². The Balaban J connectivity index is 2.12. The average Bonchev–Trinajstić information content (AvgIpc) is 2.46. The van der Waals surface area contributed by atoms with E-state index in [0.717, 1.165) is 12.8 Å². The van der Waals surface area contributed by atoms with Gasteiger partial charge in [-0.3, -0.25) is 9.78 Å². The van der Waals surface area contributed by atoms with E-state index in [1.54, 1.807) is 4.90 Å². The molecule has 2 heterocycles. The standard InChI is InChI=1S/C15H20N2O3/c1-10(2)11-5-8-17(9-6-11)14(18)13-12(15(19)20)4-3-7-16-13/h3-4,7,10-11H,5-6,8-9H2,1-2H3,(H,19,20). The van der Waals surface area contributed by atoms with Gasteiger partial charge in [0.05, 0.1) is 5.56 Å². The molecule has 1 saturated heterocycles. The Bertz CT molecular complexity index is 506. The number of carbonyl (C=O) groups excluding carboxylic acids is 1. The van der Waals surface area contributed by atoms with Crippen LogP contribution in [0.1, 0.15) is 47.5 Å². The number of carboxylic acids is 1. The number of rotatable bonds is 3. The first-order valence-electron chi connectivity index (χ1n) is 6.98. The SMILES string of the molecule is CC(C)C1CCN(C(=O)c2ncccc2C(=O)O)CC1. The van der Waals surface area contributed by atoms with Crippen LogP contribution in [0.2, 0.25) is 0 Å². The molecule has 2 rings (SSSR count). The number of carbonyl (C=O) groups is 2. The minimum Gasteiger partial charge on any atom is -0.478 e. The van der Waals surface area contributed by atoms with Gasteiger partial charge in [-0.05, 0) is 36.8 Å². The zero-order chi connectivity index (χ0) is 14.7. The lowest BCUT2D eigenvalue weighted by molar-refractivity contribution is 0.0632. The maximum Gasteiger partial charge on any atom is 0.338 e. The van der Waals surface area contributed by atoms with Crippen molar-refractivity contribution in [3.05, 3.63) is 29.6 Å². The molecule has 1 N–H and O–H groups in total. The van der Waals surface area contributed by atoms with Crippen LogP contribution < -0.4 is 0 Å². The normalized spacial score (nSPS) is 16.4. The number of carboxylic acid groups (broad SMARTS) is 1. The second-order valence-corrected chi connectivity index (χ2v) is 5.58. The topological polar surface area (TPSA) is 70.5 Å². The smallest absolute Gasteiger partial charge is 0.338 e. The van der Waals surface area contributed by atoms with Crippen molar-refractivity contribution >= 4 is 11.9 Å². The molecule has 1 aromatic heterocycles. The molecule has 0 aliphatic carbocycles. The van der Waals surface area contributed by atoms with Crippen molar-refractivity contribution in [2.24, 2.45) is 11.8 Å². The number of hydrogen-bond acceptors (Lipinski definition) is 3. The van der Waals surface area contributed by atoms with E-state index < -0.39 is 5.97 Å². The molecule has 1 fully saturated rings. The molecule has 5 nitrogen and oxygen atoms in total. The summed E-state index contributed by atoms with van der Waals surface area (Å²) in [4.78, 5) is 29.2. The van der Waals surface area contributed by atoms with E-state index in [2.05, 4.69) is 18.8 Å². The first-order chi connectivity index (χ1) is 9.50. The summed E-state index contributed by atoms with van der Waals surface area (Å²) in [5.74, 6) is -0.123. The van der Waals surface area contributed by atoms with Crippen molar-refractivity contribution in [3.63, 3.8) is 0 Å². The summed E-state index contributed by atoms with van der Waals surface area (Å²) in [7, 11) is 0. The number of likely N-dealkylation sites (tertiary alicyclic amines) is 1. The average molecular weight is 276 g/mol. The van der Waals surface area contributed by atoms with E-state index in [9.17, 15) is 9.59 Å². The number of amides is 1. The van der Waals surface area contributed by atoms with E-state index in [-0.39, 0.29) is 17.2 Å². The quantitative estimate of drug-likeness (QED) is 0.919. The minimum atomic E-state index is -1.11. The lowest BCUT2D eigenvalue weighted by Crippen LogP contribution is -2.40. The van der Waals surface area contributed by atoms with E-state index >= 15 is 0 Å². The van der Waals surface area contributed by atoms with Gasteiger partial charge in [-0.25, -0.2) is 4.79 Å². The van der Waals surface area contributed by atoms with Crippen LogP contribution in [0.25, 0.3) is 0 Å². The largest absolute Gasteiger partial charge is 0.478 e. The van der Waals surface area contributed by atoms with Crippen LogP contribution in [0.3, 0.4) is 0 Å². The Labute approximate surface area is 118 Å². The highest BCUT2D eigenvalue weighted by atomic mass is 16.4. The highest BCUT2D eigenvalue weighted by molar-refractivity contribution is 6.03. The van der Waals surface area contributed by atoms with Gasteiger partial charge in [-0.15, -0.1) is 0 Å². The molecule has 1 aliphatic heterocycles. The fourth-order valence-corrected chi connectivity index (χ4v) is 2.67. The Morgan fingerprint density at radius 3 is 2.55 bits per heavy atom. The van der Waals surface area contributed by atoms with E-state index in [4.69, 9.17) is 5.11 Å². The summed E-state index contributed by atoms with van der Waals surface area (Å²) in [6, 6.07) is 2.95. The number of piperidine rings is 1. The van der Waals surface area contributed by atoms with Crippen molar-refractivity contribution in [1.29, 1.82) is 0 Å². The Kier molecular flexibility index (Phi) is 4.37. The van der Waals surface area contributed by atoms with Gasteiger partial charge in [0.15, 0.2) is 0 Å². The van der Waals surface area contributed by atoms with Gasteiger partial charge in [0.2, 0.25) is 0 Å². The molecule has 108 valence electrons. The molecular weight excluding hydrogens is 256 g/mol. The third kappa shape index (κ3) is 2.98. The van der Waals surface area contributed by atoms with Crippen LogP contribution in [0.15, 0.2) is 18.3 Å². The van der Waals surface area contributed by atoms with Crippen molar-refractivity contribution in [2.75, 3.05) is 13.1 Å². The van der Waals surface area contributed by atoms with Crippen molar-refractivity contribution < 1.29 is 14.7 Å². The van der Waals surface area contributed by atoms with Crippen molar-refractivity contribution in [2.45, 2.75) is 26.7 Å². The summed E-state index contributed by atoms with van der Waals surface area (Å²) < 4.78 is 0. The van der Waals surface area contributed by atoms with Crippen LogP contribution >= 0.6 is 0 Å². The van der Waals surface area contributed by atoms with E-state index in [1.807, 2.05) is 0 Å². The van der Waals surface area contributed by atoms with Gasteiger partial charge in [0.25, 0.3) is 5.91 Å². The van der Waals surface area contributed by atoms with Crippen LogP contribution in [-0.2, 0) is 0 Å². The van der Waals surface area contributed by atoms with Gasteiger partial charge in [-0.2, -0.15) is 0 Å². The molecule has 0 bridgehead atoms. The lowest BCUT2D eigenvalue weighted by Gasteiger charge is -2.33. The monoisotopic (exact) mass is 276 g/mol. The first kappa shape index (κ1) is 14.5. The van der Waals surface area contributed by atoms with Crippen molar-refractivity contribution in [3.8, 4) is 0 Å². The maximum atomic E-state index is 12.4. The predicted octanol–water partition coefficient (Wildman–Crippen LogP) is 2.29. The lowest BCUT2D eigenvalue weighted by atomic mass is 9.86.